The molecule has 122 valence electrons. The molecular formula is C18H33NO2. The molecule has 3 rings (SSSR count). The number of ether oxygens (including phenoxy) is 2. The zero-order valence-electron chi connectivity index (χ0n) is 13.7. The van der Waals surface area contributed by atoms with Gasteiger partial charge in [0.15, 0.2) is 0 Å². The third-order valence-corrected chi connectivity index (χ3v) is 6.08. The summed E-state index contributed by atoms with van der Waals surface area (Å²) in [6.45, 7) is 7.26. The second kappa shape index (κ2) is 7.43. The molecule has 2 aliphatic heterocycles. The summed E-state index contributed by atoms with van der Waals surface area (Å²) >= 11 is 0. The van der Waals surface area contributed by atoms with E-state index < -0.39 is 0 Å². The summed E-state index contributed by atoms with van der Waals surface area (Å²) in [5, 5.41) is 3.62. The molecule has 3 fully saturated rings. The summed E-state index contributed by atoms with van der Waals surface area (Å²) in [7, 11) is 0. The lowest BCUT2D eigenvalue weighted by Gasteiger charge is -2.42. The van der Waals surface area contributed by atoms with Crippen molar-refractivity contribution in [2.45, 2.75) is 63.9 Å². The average Bonchev–Trinajstić information content (AvgIpc) is 2.82. The highest BCUT2D eigenvalue weighted by molar-refractivity contribution is 4.94. The summed E-state index contributed by atoms with van der Waals surface area (Å²) in [6, 6.07) is 0. The van der Waals surface area contributed by atoms with E-state index in [4.69, 9.17) is 9.47 Å². The van der Waals surface area contributed by atoms with Gasteiger partial charge in [-0.3, -0.25) is 0 Å². The highest BCUT2D eigenvalue weighted by Crippen LogP contribution is 2.44. The highest BCUT2D eigenvalue weighted by Gasteiger charge is 2.44. The first-order chi connectivity index (χ1) is 10.3. The Kier molecular flexibility index (Phi) is 5.58. The van der Waals surface area contributed by atoms with Crippen LogP contribution < -0.4 is 5.32 Å². The van der Waals surface area contributed by atoms with Gasteiger partial charge in [-0.05, 0) is 56.5 Å². The average molecular weight is 295 g/mol. The van der Waals surface area contributed by atoms with Crippen LogP contribution in [-0.2, 0) is 9.47 Å². The molecule has 2 heterocycles. The maximum Gasteiger partial charge on any atom is 0.0939 e. The minimum absolute atomic E-state index is 0.0813. The first-order valence-corrected chi connectivity index (χ1v) is 9.25. The molecule has 21 heavy (non-hydrogen) atoms. The molecule has 0 aromatic carbocycles. The Morgan fingerprint density at radius 3 is 2.81 bits per heavy atom. The molecule has 1 N–H and O–H groups in total. The van der Waals surface area contributed by atoms with Gasteiger partial charge in [0, 0.05) is 19.6 Å². The van der Waals surface area contributed by atoms with Crippen molar-refractivity contribution in [3.05, 3.63) is 0 Å². The normalized spacial score (nSPS) is 41.3. The van der Waals surface area contributed by atoms with Gasteiger partial charge >= 0.3 is 0 Å². The lowest BCUT2D eigenvalue weighted by molar-refractivity contribution is -0.111. The maximum absolute atomic E-state index is 6.15. The van der Waals surface area contributed by atoms with Crippen LogP contribution in [0.2, 0.25) is 0 Å². The molecule has 1 saturated carbocycles. The van der Waals surface area contributed by atoms with Crippen LogP contribution in [0.15, 0.2) is 0 Å². The Labute approximate surface area is 130 Å². The van der Waals surface area contributed by atoms with Gasteiger partial charge in [-0.1, -0.05) is 26.2 Å². The van der Waals surface area contributed by atoms with E-state index >= 15 is 0 Å². The van der Waals surface area contributed by atoms with Crippen molar-refractivity contribution in [3.63, 3.8) is 0 Å². The lowest BCUT2D eigenvalue weighted by Crippen LogP contribution is -2.44. The number of rotatable bonds is 4. The van der Waals surface area contributed by atoms with E-state index in [0.29, 0.717) is 0 Å². The zero-order valence-corrected chi connectivity index (χ0v) is 13.7. The molecule has 0 aromatic heterocycles. The summed E-state index contributed by atoms with van der Waals surface area (Å²) in [5.41, 5.74) is 0.0813. The molecule has 0 aromatic rings. The van der Waals surface area contributed by atoms with Crippen LogP contribution in [0.5, 0.6) is 0 Å². The molecule has 0 bridgehead atoms. The number of nitrogens with one attached hydrogen (secondary N) is 1. The van der Waals surface area contributed by atoms with Crippen molar-refractivity contribution in [2.24, 2.45) is 17.8 Å². The number of hydrogen-bond acceptors (Lipinski definition) is 3. The predicted octanol–water partition coefficient (Wildman–Crippen LogP) is 3.38. The van der Waals surface area contributed by atoms with Crippen LogP contribution in [0.3, 0.4) is 0 Å². The van der Waals surface area contributed by atoms with E-state index in [2.05, 4.69) is 12.2 Å². The van der Waals surface area contributed by atoms with Crippen molar-refractivity contribution in [2.75, 3.05) is 32.9 Å². The highest BCUT2D eigenvalue weighted by atomic mass is 16.6. The van der Waals surface area contributed by atoms with Crippen LogP contribution in [0, 0.1) is 17.8 Å². The van der Waals surface area contributed by atoms with Gasteiger partial charge in [-0.25, -0.2) is 0 Å². The smallest absolute Gasteiger partial charge is 0.0939 e. The van der Waals surface area contributed by atoms with E-state index in [0.717, 1.165) is 50.5 Å². The fourth-order valence-corrected chi connectivity index (χ4v) is 4.91. The van der Waals surface area contributed by atoms with Gasteiger partial charge in [0.2, 0.25) is 0 Å². The van der Waals surface area contributed by atoms with E-state index in [1.54, 1.807) is 0 Å². The minimum atomic E-state index is 0.0813. The Bertz CT molecular complexity index is 314. The Hall–Kier alpha value is -0.120. The van der Waals surface area contributed by atoms with Crippen LogP contribution in [0.1, 0.15) is 58.3 Å². The first kappa shape index (κ1) is 15.8. The topological polar surface area (TPSA) is 30.5 Å². The van der Waals surface area contributed by atoms with Crippen molar-refractivity contribution in [1.82, 2.24) is 5.32 Å². The van der Waals surface area contributed by atoms with Crippen molar-refractivity contribution in [1.29, 1.82) is 0 Å². The Morgan fingerprint density at radius 1 is 1.10 bits per heavy atom. The molecule has 3 nitrogen and oxygen atoms in total. The third kappa shape index (κ3) is 3.80. The zero-order chi connectivity index (χ0) is 14.5. The van der Waals surface area contributed by atoms with Crippen molar-refractivity contribution >= 4 is 0 Å². The van der Waals surface area contributed by atoms with Crippen LogP contribution in [-0.4, -0.2) is 38.5 Å². The molecule has 2 saturated heterocycles. The fourth-order valence-electron chi connectivity index (χ4n) is 4.91. The van der Waals surface area contributed by atoms with Crippen molar-refractivity contribution in [3.8, 4) is 0 Å². The Morgan fingerprint density at radius 2 is 2.00 bits per heavy atom. The molecule has 4 unspecified atom stereocenters. The molecular weight excluding hydrogens is 262 g/mol. The standard InChI is InChI=1S/C18H33NO2/c1-2-19-13-16-6-4-3-5-7-17(16)15-8-10-21-18(12-15)9-11-20-14-18/h15-17,19H,2-14H2,1H3. The van der Waals surface area contributed by atoms with Gasteiger partial charge in [-0.15, -0.1) is 0 Å². The molecule has 3 heteroatoms. The largest absolute Gasteiger partial charge is 0.378 e. The summed E-state index contributed by atoms with van der Waals surface area (Å²) in [6.07, 6.45) is 10.8. The first-order valence-electron chi connectivity index (χ1n) is 9.25. The van der Waals surface area contributed by atoms with Gasteiger partial charge < -0.3 is 14.8 Å². The maximum atomic E-state index is 6.15. The van der Waals surface area contributed by atoms with Gasteiger partial charge in [-0.2, -0.15) is 0 Å². The number of hydrogen-bond donors (Lipinski definition) is 1. The van der Waals surface area contributed by atoms with Crippen LogP contribution in [0.4, 0.5) is 0 Å². The third-order valence-electron chi connectivity index (χ3n) is 6.08. The molecule has 3 aliphatic rings. The SMILES string of the molecule is CCNCC1CCCCCC1C1CCOC2(CCOC2)C1. The predicted molar refractivity (Wildman–Crippen MR) is 85.5 cm³/mol. The second-order valence-corrected chi connectivity index (χ2v) is 7.46. The van der Waals surface area contributed by atoms with Crippen molar-refractivity contribution < 1.29 is 9.47 Å². The van der Waals surface area contributed by atoms with E-state index in [-0.39, 0.29) is 5.60 Å². The molecule has 1 aliphatic carbocycles. The van der Waals surface area contributed by atoms with Crippen LogP contribution >= 0.6 is 0 Å². The second-order valence-electron chi connectivity index (χ2n) is 7.46. The lowest BCUT2D eigenvalue weighted by atomic mass is 9.71. The fraction of sp³-hybridized carbons (Fsp3) is 1.00. The molecule has 0 amide bonds. The van der Waals surface area contributed by atoms with Crippen LogP contribution in [0.25, 0.3) is 0 Å². The quantitative estimate of drug-likeness (QED) is 0.807. The Balaban J connectivity index is 1.66. The van der Waals surface area contributed by atoms with E-state index in [1.165, 1.54) is 51.5 Å². The summed E-state index contributed by atoms with van der Waals surface area (Å²) in [5.74, 6) is 2.66. The summed E-state index contributed by atoms with van der Waals surface area (Å²) < 4.78 is 11.8. The minimum Gasteiger partial charge on any atom is -0.378 e. The van der Waals surface area contributed by atoms with Gasteiger partial charge in [0.1, 0.15) is 0 Å². The van der Waals surface area contributed by atoms with Gasteiger partial charge in [0.05, 0.1) is 12.2 Å². The molecule has 4 atom stereocenters. The van der Waals surface area contributed by atoms with E-state index in [1.807, 2.05) is 0 Å². The monoisotopic (exact) mass is 295 g/mol. The van der Waals surface area contributed by atoms with E-state index in [9.17, 15) is 0 Å². The summed E-state index contributed by atoms with van der Waals surface area (Å²) in [4.78, 5) is 0. The van der Waals surface area contributed by atoms with Gasteiger partial charge in [0.25, 0.3) is 0 Å². The molecule has 0 radical (unpaired) electrons. The molecule has 1 spiro atoms.